The number of carbonyl (C=O) groups is 1. The number of hydrogen-bond acceptors (Lipinski definition) is 6. The molecule has 1 heterocycles. The van der Waals surface area contributed by atoms with Crippen molar-refractivity contribution in [3.8, 4) is 23.0 Å². The van der Waals surface area contributed by atoms with Gasteiger partial charge in [-0.2, -0.15) is 0 Å². The third kappa shape index (κ3) is 3.49. The Bertz CT molecular complexity index is 856. The zero-order valence-corrected chi connectivity index (χ0v) is 17.9. The molecule has 160 valence electrons. The van der Waals surface area contributed by atoms with E-state index in [0.717, 1.165) is 53.4 Å². The van der Waals surface area contributed by atoms with E-state index < -0.39 is 0 Å². The first-order valence-electron chi connectivity index (χ1n) is 10.3. The minimum atomic E-state index is -0.167. The summed E-state index contributed by atoms with van der Waals surface area (Å²) in [7, 11) is 6.60. The van der Waals surface area contributed by atoms with Crippen LogP contribution in [0.3, 0.4) is 0 Å². The lowest BCUT2D eigenvalue weighted by molar-refractivity contribution is -0.135. The molecule has 30 heavy (non-hydrogen) atoms. The second-order valence-electron chi connectivity index (χ2n) is 7.88. The maximum Gasteiger partial charge on any atom is 0.142 e. The average molecular weight is 411 g/mol. The topological polar surface area (TPSA) is 66.0 Å². The third-order valence-corrected chi connectivity index (χ3v) is 6.47. The van der Waals surface area contributed by atoms with Gasteiger partial charge in [-0.3, -0.25) is 4.79 Å². The van der Waals surface area contributed by atoms with Gasteiger partial charge in [-0.25, -0.2) is 0 Å². The lowest BCUT2D eigenvalue weighted by Gasteiger charge is -2.45. The van der Waals surface area contributed by atoms with E-state index in [-0.39, 0.29) is 23.9 Å². The van der Waals surface area contributed by atoms with Crippen LogP contribution >= 0.6 is 0 Å². The van der Waals surface area contributed by atoms with Crippen molar-refractivity contribution in [2.75, 3.05) is 28.4 Å². The van der Waals surface area contributed by atoms with Gasteiger partial charge in [-0.1, -0.05) is 6.42 Å². The highest BCUT2D eigenvalue weighted by Gasteiger charge is 2.48. The van der Waals surface area contributed by atoms with Gasteiger partial charge < -0.3 is 24.3 Å². The molecule has 1 aliphatic carbocycles. The zero-order chi connectivity index (χ0) is 21.3. The fraction of sp³-hybridized carbons (Fsp3) is 0.458. The number of benzene rings is 2. The maximum atomic E-state index is 13.5. The molecule has 1 saturated carbocycles. The van der Waals surface area contributed by atoms with Crippen molar-refractivity contribution in [3.05, 3.63) is 47.5 Å². The Morgan fingerprint density at radius 1 is 0.733 bits per heavy atom. The van der Waals surface area contributed by atoms with Crippen LogP contribution in [0.25, 0.3) is 0 Å². The number of methoxy groups -OCH3 is 4. The molecule has 2 bridgehead atoms. The first kappa shape index (κ1) is 20.5. The molecule has 6 heteroatoms. The normalized spacial score (nSPS) is 25.5. The standard InChI is InChI=1S/C24H29NO5/c1-27-14-8-10-20(29-3)18(12-14)22-16-6-5-7-17(24(16)26)23(25-22)19-13-15(28-2)9-11-21(19)30-4/h8-13,16-17,22-23,25H,5-7H2,1-4H3/t16-,17+,22-,23+. The summed E-state index contributed by atoms with van der Waals surface area (Å²) >= 11 is 0. The molecule has 2 aliphatic rings. The van der Waals surface area contributed by atoms with Crippen molar-refractivity contribution in [1.29, 1.82) is 0 Å². The molecule has 2 aromatic carbocycles. The minimum absolute atomic E-state index is 0.0855. The molecule has 1 N–H and O–H groups in total. The van der Waals surface area contributed by atoms with Crippen LogP contribution in [-0.4, -0.2) is 34.2 Å². The lowest BCUT2D eigenvalue weighted by atomic mass is 9.67. The summed E-state index contributed by atoms with van der Waals surface area (Å²) in [5.41, 5.74) is 1.89. The number of hydrogen-bond donors (Lipinski definition) is 1. The highest BCUT2D eigenvalue weighted by Crippen LogP contribution is 2.49. The van der Waals surface area contributed by atoms with E-state index >= 15 is 0 Å². The van der Waals surface area contributed by atoms with Crippen LogP contribution in [0.2, 0.25) is 0 Å². The number of Topliss-reactive ketones (excluding diaryl/α,β-unsaturated/α-hetero) is 1. The van der Waals surface area contributed by atoms with Gasteiger partial charge in [0, 0.05) is 35.0 Å². The van der Waals surface area contributed by atoms with Crippen molar-refractivity contribution >= 4 is 5.78 Å². The van der Waals surface area contributed by atoms with Crippen LogP contribution in [0.4, 0.5) is 0 Å². The Morgan fingerprint density at radius 2 is 1.20 bits per heavy atom. The van der Waals surface area contributed by atoms with Crippen molar-refractivity contribution in [2.24, 2.45) is 11.8 Å². The maximum absolute atomic E-state index is 13.5. The molecule has 4 atom stereocenters. The van der Waals surface area contributed by atoms with Crippen molar-refractivity contribution in [2.45, 2.75) is 31.3 Å². The predicted molar refractivity (Wildman–Crippen MR) is 114 cm³/mol. The Kier molecular flexibility index (Phi) is 5.86. The molecular weight excluding hydrogens is 382 g/mol. The largest absolute Gasteiger partial charge is 0.497 e. The second kappa shape index (κ2) is 8.56. The van der Waals surface area contributed by atoms with E-state index in [1.807, 2.05) is 36.4 Å². The van der Waals surface area contributed by atoms with Gasteiger partial charge in [0.25, 0.3) is 0 Å². The van der Waals surface area contributed by atoms with Gasteiger partial charge in [0.05, 0.1) is 28.4 Å². The van der Waals surface area contributed by atoms with Crippen molar-refractivity contribution in [1.82, 2.24) is 5.32 Å². The molecule has 6 nitrogen and oxygen atoms in total. The first-order chi connectivity index (χ1) is 14.6. The number of fused-ring (bicyclic) bond motifs is 2. The van der Waals surface area contributed by atoms with E-state index in [2.05, 4.69) is 5.32 Å². The summed E-state index contributed by atoms with van der Waals surface area (Å²) in [6.45, 7) is 0. The van der Waals surface area contributed by atoms with Gasteiger partial charge in [0.15, 0.2) is 0 Å². The molecule has 0 radical (unpaired) electrons. The highest BCUT2D eigenvalue weighted by molar-refractivity contribution is 5.87. The summed E-state index contributed by atoms with van der Waals surface area (Å²) in [5.74, 6) is 3.13. The fourth-order valence-corrected chi connectivity index (χ4v) is 4.98. The van der Waals surface area contributed by atoms with Crippen LogP contribution in [0.5, 0.6) is 23.0 Å². The van der Waals surface area contributed by atoms with Crippen molar-refractivity contribution in [3.63, 3.8) is 0 Å². The Hall–Kier alpha value is -2.73. The molecule has 0 amide bonds. The Balaban J connectivity index is 1.81. The molecular formula is C24H29NO5. The molecule has 2 aromatic rings. The average Bonchev–Trinajstić information content (AvgIpc) is 2.78. The molecule has 1 saturated heterocycles. The number of ether oxygens (including phenoxy) is 4. The number of piperidine rings is 1. The first-order valence-corrected chi connectivity index (χ1v) is 10.3. The quantitative estimate of drug-likeness (QED) is 0.772. The summed E-state index contributed by atoms with van der Waals surface area (Å²) in [4.78, 5) is 13.5. The van der Waals surface area contributed by atoms with E-state index in [1.54, 1.807) is 28.4 Å². The lowest BCUT2D eigenvalue weighted by Crippen LogP contribution is -2.50. The predicted octanol–water partition coefficient (Wildman–Crippen LogP) is 4.09. The van der Waals surface area contributed by atoms with Crippen LogP contribution in [0.1, 0.15) is 42.5 Å². The smallest absolute Gasteiger partial charge is 0.142 e. The van der Waals surface area contributed by atoms with Gasteiger partial charge in [-0.05, 0) is 49.2 Å². The van der Waals surface area contributed by atoms with Crippen LogP contribution in [-0.2, 0) is 4.79 Å². The second-order valence-corrected chi connectivity index (χ2v) is 7.88. The molecule has 0 unspecified atom stereocenters. The van der Waals surface area contributed by atoms with Crippen LogP contribution in [0.15, 0.2) is 36.4 Å². The number of carbonyl (C=O) groups excluding carboxylic acids is 1. The highest BCUT2D eigenvalue weighted by atomic mass is 16.5. The summed E-state index contributed by atoms with van der Waals surface area (Å²) in [5, 5.41) is 3.78. The molecule has 0 aromatic heterocycles. The summed E-state index contributed by atoms with van der Waals surface area (Å²) in [6.07, 6.45) is 2.76. The van der Waals surface area contributed by atoms with E-state index in [0.29, 0.717) is 5.78 Å². The van der Waals surface area contributed by atoms with Gasteiger partial charge in [-0.15, -0.1) is 0 Å². The summed E-state index contributed by atoms with van der Waals surface area (Å²) < 4.78 is 22.2. The molecule has 2 fully saturated rings. The molecule has 4 rings (SSSR count). The molecule has 0 spiro atoms. The van der Waals surface area contributed by atoms with E-state index in [9.17, 15) is 4.79 Å². The van der Waals surface area contributed by atoms with Crippen LogP contribution < -0.4 is 24.3 Å². The Morgan fingerprint density at radius 3 is 1.60 bits per heavy atom. The van der Waals surface area contributed by atoms with Gasteiger partial charge in [0.1, 0.15) is 28.8 Å². The van der Waals surface area contributed by atoms with Gasteiger partial charge >= 0.3 is 0 Å². The van der Waals surface area contributed by atoms with Crippen molar-refractivity contribution < 1.29 is 23.7 Å². The number of rotatable bonds is 6. The monoisotopic (exact) mass is 411 g/mol. The SMILES string of the molecule is COc1ccc(OC)c([C@H]2N[C@@H](c3cc(OC)ccc3OC)[C@H]3CCC[C@@H]2C3=O)c1. The fourth-order valence-electron chi connectivity index (χ4n) is 4.98. The van der Waals surface area contributed by atoms with Crippen LogP contribution in [0, 0.1) is 11.8 Å². The summed E-state index contributed by atoms with van der Waals surface area (Å²) in [6, 6.07) is 11.2. The third-order valence-electron chi connectivity index (χ3n) is 6.47. The van der Waals surface area contributed by atoms with Gasteiger partial charge in [0.2, 0.25) is 0 Å². The number of ketones is 1. The minimum Gasteiger partial charge on any atom is -0.497 e. The zero-order valence-electron chi connectivity index (χ0n) is 17.9. The van der Waals surface area contributed by atoms with E-state index in [4.69, 9.17) is 18.9 Å². The number of nitrogens with one attached hydrogen (secondary N) is 1. The van der Waals surface area contributed by atoms with E-state index in [1.165, 1.54) is 0 Å². The molecule has 1 aliphatic heterocycles. The Labute approximate surface area is 177 Å².